The van der Waals surface area contributed by atoms with E-state index in [0.717, 1.165) is 16.3 Å². The molecule has 37 heavy (non-hydrogen) atoms. The summed E-state index contributed by atoms with van der Waals surface area (Å²) in [4.78, 5) is 30.5. The van der Waals surface area contributed by atoms with E-state index in [1.165, 1.54) is 6.92 Å². The summed E-state index contributed by atoms with van der Waals surface area (Å²) in [6.45, 7) is 1.29. The second kappa shape index (κ2) is 11.9. The van der Waals surface area contributed by atoms with Gasteiger partial charge in [-0.3, -0.25) is 4.79 Å². The molecule has 0 spiro atoms. The smallest absolute Gasteiger partial charge is 0.306 e. The first-order valence-electron chi connectivity index (χ1n) is 11.4. The number of carbonyl (C=O) groups is 2. The van der Waals surface area contributed by atoms with Crippen molar-refractivity contribution in [2.45, 2.75) is 60.7 Å². The average molecular weight is 570 g/mol. The van der Waals surface area contributed by atoms with Crippen LogP contribution in [-0.4, -0.2) is 58.6 Å². The quantitative estimate of drug-likeness (QED) is 0.134. The van der Waals surface area contributed by atoms with E-state index in [9.17, 15) is 15.1 Å². The van der Waals surface area contributed by atoms with Crippen LogP contribution in [0.25, 0.3) is 21.2 Å². The molecule has 3 heterocycles. The molecule has 5 atom stereocenters. The third kappa shape index (κ3) is 6.84. The van der Waals surface area contributed by atoms with Crippen LogP contribution >= 0.6 is 34.8 Å². The van der Waals surface area contributed by atoms with E-state index in [1.807, 2.05) is 42.5 Å². The number of azide groups is 1. The maximum absolute atomic E-state index is 12.1. The number of hydrogen-bond acceptors (Lipinski definition) is 8. The van der Waals surface area contributed by atoms with Gasteiger partial charge in [-0.1, -0.05) is 76.3 Å². The number of fused-ring (bicyclic) bond motifs is 4. The molecule has 1 saturated heterocycles. The summed E-state index contributed by atoms with van der Waals surface area (Å²) in [6.07, 6.45) is -2.99. The van der Waals surface area contributed by atoms with Crippen LogP contribution in [0.1, 0.15) is 25.3 Å². The summed E-state index contributed by atoms with van der Waals surface area (Å²) in [7, 11) is 0. The number of benzene rings is 2. The first kappa shape index (κ1) is 27.4. The molecule has 2 bridgehead atoms. The van der Waals surface area contributed by atoms with Gasteiger partial charge in [0.15, 0.2) is 0 Å². The molecular formula is C24H23Cl3N4O6. The van der Waals surface area contributed by atoms with E-state index in [4.69, 9.17) is 53.8 Å². The number of rotatable bonds is 9. The Morgan fingerprint density at radius 3 is 2.62 bits per heavy atom. The van der Waals surface area contributed by atoms with Crippen LogP contribution in [0.4, 0.5) is 0 Å². The zero-order chi connectivity index (χ0) is 26.6. The number of aliphatic imine (C=N–C) groups is 1. The predicted molar refractivity (Wildman–Crippen MR) is 138 cm³/mol. The van der Waals surface area contributed by atoms with Crippen molar-refractivity contribution in [1.29, 1.82) is 0 Å². The average Bonchev–Trinajstić information content (AvgIpc) is 3.14. The van der Waals surface area contributed by atoms with Crippen molar-refractivity contribution >= 4 is 63.2 Å². The van der Waals surface area contributed by atoms with Crippen molar-refractivity contribution in [3.05, 3.63) is 58.5 Å². The molecule has 3 aliphatic rings. The normalized spacial score (nSPS) is 25.0. The van der Waals surface area contributed by atoms with Crippen molar-refractivity contribution in [1.82, 2.24) is 0 Å². The Morgan fingerprint density at radius 2 is 1.92 bits per heavy atom. The minimum absolute atomic E-state index is 0.0567. The molecule has 2 aromatic carbocycles. The van der Waals surface area contributed by atoms with E-state index in [1.54, 1.807) is 0 Å². The molecule has 196 valence electrons. The summed E-state index contributed by atoms with van der Waals surface area (Å²) in [5.41, 5.74) is 10.2. The van der Waals surface area contributed by atoms with E-state index in [0.29, 0.717) is 0 Å². The Hall–Kier alpha value is -2.59. The molecule has 13 heteroatoms. The monoisotopic (exact) mass is 568 g/mol. The van der Waals surface area contributed by atoms with Crippen LogP contribution < -0.4 is 0 Å². The Bertz CT molecular complexity index is 1250. The lowest BCUT2D eigenvalue weighted by atomic mass is 9.95. The lowest BCUT2D eigenvalue weighted by molar-refractivity contribution is -0.235. The Morgan fingerprint density at radius 1 is 1.16 bits per heavy atom. The summed E-state index contributed by atoms with van der Waals surface area (Å²) in [5, 5.41) is 6.02. The number of halogens is 3. The maximum Gasteiger partial charge on any atom is 0.306 e. The second-order valence-electron chi connectivity index (χ2n) is 8.62. The van der Waals surface area contributed by atoms with Gasteiger partial charge in [-0.15, -0.1) is 0 Å². The number of hydrogen-bond donors (Lipinski definition) is 0. The zero-order valence-corrected chi connectivity index (χ0v) is 21.9. The highest BCUT2D eigenvalue weighted by Gasteiger charge is 2.53. The van der Waals surface area contributed by atoms with Crippen LogP contribution in [0.5, 0.6) is 0 Å². The molecule has 3 aliphatic heterocycles. The van der Waals surface area contributed by atoms with Gasteiger partial charge in [0.25, 0.3) is 3.79 Å². The third-order valence-corrected chi connectivity index (χ3v) is 6.40. The van der Waals surface area contributed by atoms with Crippen LogP contribution in [-0.2, 0) is 35.1 Å². The van der Waals surface area contributed by atoms with E-state index < -0.39 is 40.3 Å². The number of carbonyl (C=O) groups excluding carboxylic acids is 2. The van der Waals surface area contributed by atoms with Crippen molar-refractivity contribution in [3.8, 4) is 0 Å². The number of ketones is 1. The number of alkyl halides is 3. The standard InChI is InChI=1S/C24H23Cl3N4O6/c1-13(32)6-9-18(33)34-12-17-19-20(30-31-28)21(22(36-17)37-23(29-19)24(25,26)27)35-11-14-7-8-15-4-2-3-5-16(15)10-14/h2-5,7-8,10,17,19-22H,6,9,11-12H2,1H3. The lowest BCUT2D eigenvalue weighted by Gasteiger charge is -2.40. The molecule has 1 fully saturated rings. The molecule has 10 nitrogen and oxygen atoms in total. The summed E-state index contributed by atoms with van der Waals surface area (Å²) in [6, 6.07) is 11.9. The van der Waals surface area contributed by atoms with Crippen molar-refractivity contribution in [2.75, 3.05) is 6.61 Å². The topological polar surface area (TPSA) is 132 Å². The van der Waals surface area contributed by atoms with E-state index in [2.05, 4.69) is 15.0 Å². The lowest BCUT2D eigenvalue weighted by Crippen LogP contribution is -2.57. The van der Waals surface area contributed by atoms with Crippen LogP contribution in [0.15, 0.2) is 52.6 Å². The van der Waals surface area contributed by atoms with E-state index in [-0.39, 0.29) is 37.7 Å². The Balaban J connectivity index is 1.55. The molecule has 0 amide bonds. The fourth-order valence-corrected chi connectivity index (χ4v) is 4.41. The minimum atomic E-state index is -2.03. The zero-order valence-electron chi connectivity index (χ0n) is 19.6. The summed E-state index contributed by atoms with van der Waals surface area (Å²) < 4.78 is 21.1. The van der Waals surface area contributed by atoms with Crippen LogP contribution in [0.3, 0.4) is 0 Å². The van der Waals surface area contributed by atoms with Crippen molar-refractivity contribution < 1.29 is 28.5 Å². The largest absolute Gasteiger partial charge is 0.463 e. The first-order valence-corrected chi connectivity index (χ1v) is 12.5. The van der Waals surface area contributed by atoms with Gasteiger partial charge >= 0.3 is 5.97 Å². The van der Waals surface area contributed by atoms with Crippen LogP contribution in [0.2, 0.25) is 0 Å². The highest BCUT2D eigenvalue weighted by molar-refractivity contribution is 6.76. The Kier molecular flexibility index (Phi) is 8.79. The van der Waals surface area contributed by atoms with Gasteiger partial charge in [0.05, 0.1) is 25.1 Å². The summed E-state index contributed by atoms with van der Waals surface area (Å²) >= 11 is 18.1. The SMILES string of the molecule is CC(=O)CCC(=O)OCC1OC2OC(C(Cl)(Cl)Cl)=NC1C(N=[N+]=[N-])C2OCc1ccc2ccccc2c1. The van der Waals surface area contributed by atoms with Gasteiger partial charge in [-0.05, 0) is 34.9 Å². The number of ether oxygens (including phenoxy) is 4. The van der Waals surface area contributed by atoms with Gasteiger partial charge < -0.3 is 23.7 Å². The minimum Gasteiger partial charge on any atom is -0.463 e. The maximum atomic E-state index is 12.1. The first-order chi connectivity index (χ1) is 17.7. The molecular weight excluding hydrogens is 547 g/mol. The van der Waals surface area contributed by atoms with Gasteiger partial charge in [0.2, 0.25) is 12.2 Å². The molecule has 0 radical (unpaired) electrons. The third-order valence-electron chi connectivity index (χ3n) is 5.91. The molecule has 2 aromatic rings. The van der Waals surface area contributed by atoms with Crippen molar-refractivity contribution in [3.63, 3.8) is 0 Å². The van der Waals surface area contributed by atoms with Gasteiger partial charge in [0.1, 0.15) is 24.6 Å². The predicted octanol–water partition coefficient (Wildman–Crippen LogP) is 5.21. The number of esters is 1. The van der Waals surface area contributed by atoms with E-state index >= 15 is 0 Å². The molecule has 5 unspecified atom stereocenters. The van der Waals surface area contributed by atoms with Crippen molar-refractivity contribution in [2.24, 2.45) is 10.1 Å². The molecule has 0 saturated carbocycles. The van der Waals surface area contributed by atoms with Gasteiger partial charge in [-0.25, -0.2) is 4.99 Å². The molecule has 0 aliphatic carbocycles. The second-order valence-corrected chi connectivity index (χ2v) is 10.9. The fraction of sp³-hybridized carbons (Fsp3) is 0.458. The highest BCUT2D eigenvalue weighted by atomic mass is 35.6. The van der Waals surface area contributed by atoms with Gasteiger partial charge in [-0.2, -0.15) is 0 Å². The summed E-state index contributed by atoms with van der Waals surface area (Å²) in [5.74, 6) is -0.982. The molecule has 5 rings (SSSR count). The number of Topliss-reactive ketones (excluding diaryl/α,β-unsaturated/α-hetero) is 1. The fourth-order valence-electron chi connectivity index (χ4n) is 4.13. The van der Waals surface area contributed by atoms with Gasteiger partial charge in [0, 0.05) is 11.3 Å². The number of nitrogens with zero attached hydrogens (tertiary/aromatic N) is 4. The van der Waals surface area contributed by atoms with Crippen LogP contribution in [0, 0.1) is 0 Å². The highest BCUT2D eigenvalue weighted by Crippen LogP contribution is 2.38. The Labute approximate surface area is 227 Å². The molecule has 0 N–H and O–H groups in total. The molecule has 0 aromatic heterocycles.